The highest BCUT2D eigenvalue weighted by molar-refractivity contribution is 7.94. The van der Waals surface area contributed by atoms with Crippen LogP contribution < -0.4 is 10.6 Å². The van der Waals surface area contributed by atoms with Crippen LogP contribution in [0.5, 0.6) is 0 Å². The first-order valence-corrected chi connectivity index (χ1v) is 12.4. The molecule has 1 atom stereocenters. The van der Waals surface area contributed by atoms with E-state index < -0.39 is 20.0 Å². The summed E-state index contributed by atoms with van der Waals surface area (Å²) in [5.41, 5.74) is 0.537. The molecular weight excluding hydrogens is 402 g/mol. The minimum atomic E-state index is -4.55. The van der Waals surface area contributed by atoms with Gasteiger partial charge in [-0.15, -0.1) is 0 Å². The minimum absolute atomic E-state index is 0.0418. The molecule has 3 N–H and O–H groups in total. The first-order chi connectivity index (χ1) is 13.2. The van der Waals surface area contributed by atoms with E-state index in [2.05, 4.69) is 10.6 Å². The highest BCUT2D eigenvalue weighted by Crippen LogP contribution is 2.37. The monoisotopic (exact) mass is 425 g/mol. The Labute approximate surface area is 165 Å². The Hall–Kier alpha value is -1.88. The van der Waals surface area contributed by atoms with E-state index in [1.807, 2.05) is 6.08 Å². The van der Waals surface area contributed by atoms with E-state index in [-0.39, 0.29) is 28.2 Å². The second kappa shape index (κ2) is 7.18. The van der Waals surface area contributed by atoms with Gasteiger partial charge in [0, 0.05) is 12.0 Å². The number of hydrogen-bond acceptors (Lipinski definition) is 7. The molecule has 0 spiro atoms. The largest absolute Gasteiger partial charge is 0.369 e. The molecule has 0 aromatic carbocycles. The highest BCUT2D eigenvalue weighted by atomic mass is 32.2. The first kappa shape index (κ1) is 19.4. The van der Waals surface area contributed by atoms with E-state index in [0.717, 1.165) is 37.2 Å². The molecule has 8 nitrogen and oxygen atoms in total. The zero-order valence-corrected chi connectivity index (χ0v) is 16.8. The molecule has 28 heavy (non-hydrogen) atoms. The molecule has 0 amide bonds. The first-order valence-electron chi connectivity index (χ1n) is 9.21. The maximum Gasteiger partial charge on any atom is 0.297 e. The van der Waals surface area contributed by atoms with Crippen molar-refractivity contribution in [2.24, 2.45) is 5.92 Å². The van der Waals surface area contributed by atoms with Gasteiger partial charge in [-0.3, -0.25) is 4.55 Å². The molecule has 0 aromatic heterocycles. The highest BCUT2D eigenvalue weighted by Gasteiger charge is 2.38. The van der Waals surface area contributed by atoms with Crippen molar-refractivity contribution >= 4 is 20.0 Å². The van der Waals surface area contributed by atoms with Crippen LogP contribution in [-0.2, 0) is 20.0 Å². The fourth-order valence-corrected chi connectivity index (χ4v) is 6.41. The van der Waals surface area contributed by atoms with Gasteiger partial charge >= 0.3 is 0 Å². The van der Waals surface area contributed by atoms with Gasteiger partial charge in [0.15, 0.2) is 9.84 Å². The van der Waals surface area contributed by atoms with Crippen molar-refractivity contribution in [2.45, 2.75) is 18.9 Å². The molecule has 0 radical (unpaired) electrons. The molecule has 4 rings (SSSR count). The summed E-state index contributed by atoms with van der Waals surface area (Å²) < 4.78 is 59.1. The SMILES string of the molecule is O=S(=O)(/C=C/C1=CC2CNC3=CC=CC(=C1S(=O)(=O)O)N32)CC1CCNCC1. The van der Waals surface area contributed by atoms with Crippen LogP contribution >= 0.6 is 0 Å². The lowest BCUT2D eigenvalue weighted by molar-refractivity contribution is 0.402. The smallest absolute Gasteiger partial charge is 0.297 e. The lowest BCUT2D eigenvalue weighted by atomic mass is 10.0. The third-order valence-electron chi connectivity index (χ3n) is 5.36. The van der Waals surface area contributed by atoms with E-state index >= 15 is 0 Å². The number of allylic oxidation sites excluding steroid dienone is 5. The quantitative estimate of drug-likeness (QED) is 0.550. The summed E-state index contributed by atoms with van der Waals surface area (Å²) in [7, 11) is -8.05. The van der Waals surface area contributed by atoms with Gasteiger partial charge in [0.1, 0.15) is 10.7 Å². The van der Waals surface area contributed by atoms with Crippen LogP contribution in [0.15, 0.2) is 57.8 Å². The summed E-state index contributed by atoms with van der Waals surface area (Å²) in [5, 5.41) is 7.46. The summed E-state index contributed by atoms with van der Waals surface area (Å²) >= 11 is 0. The Balaban J connectivity index is 1.65. The van der Waals surface area contributed by atoms with Crippen molar-refractivity contribution in [3.8, 4) is 0 Å². The van der Waals surface area contributed by atoms with E-state index in [4.69, 9.17) is 0 Å². The topological polar surface area (TPSA) is 116 Å². The second-order valence-corrected chi connectivity index (χ2v) is 10.7. The normalized spacial score (nSPS) is 25.6. The Morgan fingerprint density at radius 2 is 1.96 bits per heavy atom. The summed E-state index contributed by atoms with van der Waals surface area (Å²) in [4.78, 5) is 1.52. The molecule has 4 aliphatic rings. The number of hydrogen-bond donors (Lipinski definition) is 3. The predicted octanol–water partition coefficient (Wildman–Crippen LogP) is 0.639. The zero-order chi connectivity index (χ0) is 19.9. The van der Waals surface area contributed by atoms with Crippen LogP contribution in [0.25, 0.3) is 0 Å². The van der Waals surface area contributed by atoms with Gasteiger partial charge in [0.2, 0.25) is 0 Å². The van der Waals surface area contributed by atoms with Crippen molar-refractivity contribution in [1.29, 1.82) is 0 Å². The van der Waals surface area contributed by atoms with Gasteiger partial charge in [-0.25, -0.2) is 8.42 Å². The number of piperidine rings is 1. The lowest BCUT2D eigenvalue weighted by Crippen LogP contribution is -2.34. The minimum Gasteiger partial charge on any atom is -0.369 e. The molecule has 0 bridgehead atoms. The van der Waals surface area contributed by atoms with Crippen LogP contribution in [0.4, 0.5) is 0 Å². The molecule has 1 unspecified atom stereocenters. The summed E-state index contributed by atoms with van der Waals surface area (Å²) in [6.07, 6.45) is 9.71. The average molecular weight is 426 g/mol. The van der Waals surface area contributed by atoms with Crippen LogP contribution in [0.1, 0.15) is 12.8 Å². The van der Waals surface area contributed by atoms with Crippen molar-refractivity contribution in [3.63, 3.8) is 0 Å². The molecule has 0 saturated carbocycles. The molecule has 0 aromatic rings. The average Bonchev–Trinajstić information content (AvgIpc) is 3.04. The molecule has 0 aliphatic carbocycles. The van der Waals surface area contributed by atoms with Gasteiger partial charge in [-0.1, -0.05) is 12.2 Å². The van der Waals surface area contributed by atoms with Crippen molar-refractivity contribution in [3.05, 3.63) is 57.8 Å². The third-order valence-corrected chi connectivity index (χ3v) is 7.81. The van der Waals surface area contributed by atoms with Gasteiger partial charge < -0.3 is 15.5 Å². The van der Waals surface area contributed by atoms with Crippen LogP contribution in [0, 0.1) is 5.92 Å². The molecule has 2 saturated heterocycles. The molecule has 2 fully saturated rings. The van der Waals surface area contributed by atoms with E-state index in [1.54, 1.807) is 23.1 Å². The van der Waals surface area contributed by atoms with E-state index in [9.17, 15) is 21.4 Å². The number of sulfone groups is 1. The molecular formula is C18H23N3O5S2. The third kappa shape index (κ3) is 3.82. The second-order valence-electron chi connectivity index (χ2n) is 7.37. The Morgan fingerprint density at radius 3 is 2.68 bits per heavy atom. The Kier molecular flexibility index (Phi) is 4.98. The maximum atomic E-state index is 12.5. The maximum absolute atomic E-state index is 12.5. The standard InChI is InChI=1S/C18H23N3O5S2/c22-27(23,12-13-4-7-19-8-5-13)9-6-14-10-15-11-20-17-3-1-2-16(21(15)17)18(14)28(24,25)26/h1-3,6,9-10,13,15,19-20H,4-5,7-8,11-12H2,(H,24,25,26)/b9-6+. The summed E-state index contributed by atoms with van der Waals surface area (Å²) in [5.74, 6) is 0.890. The van der Waals surface area contributed by atoms with E-state index in [1.165, 1.54) is 6.08 Å². The van der Waals surface area contributed by atoms with Gasteiger partial charge in [-0.2, -0.15) is 8.42 Å². The Morgan fingerprint density at radius 1 is 1.21 bits per heavy atom. The van der Waals surface area contributed by atoms with Crippen molar-refractivity contribution < 1.29 is 21.4 Å². The molecule has 4 heterocycles. The molecule has 152 valence electrons. The van der Waals surface area contributed by atoms with Gasteiger partial charge in [-0.05, 0) is 55.7 Å². The van der Waals surface area contributed by atoms with Gasteiger partial charge in [0.25, 0.3) is 10.1 Å². The fourth-order valence-electron chi connectivity index (χ4n) is 4.09. The van der Waals surface area contributed by atoms with Crippen molar-refractivity contribution in [1.82, 2.24) is 15.5 Å². The lowest BCUT2D eigenvalue weighted by Gasteiger charge is -2.33. The summed E-state index contributed by atoms with van der Waals surface area (Å²) in [6, 6.07) is -0.150. The van der Waals surface area contributed by atoms with Crippen molar-refractivity contribution in [2.75, 3.05) is 25.4 Å². The van der Waals surface area contributed by atoms with E-state index in [0.29, 0.717) is 12.2 Å². The van der Waals surface area contributed by atoms with Gasteiger partial charge in [0.05, 0.1) is 17.5 Å². The zero-order valence-electron chi connectivity index (χ0n) is 15.2. The number of rotatable bonds is 5. The van der Waals surface area contributed by atoms with Crippen LogP contribution in [0.2, 0.25) is 0 Å². The Bertz CT molecular complexity index is 1030. The van der Waals surface area contributed by atoms with Crippen LogP contribution in [0.3, 0.4) is 0 Å². The number of nitrogens with one attached hydrogen (secondary N) is 2. The fraction of sp³-hybridized carbons (Fsp3) is 0.444. The molecule has 10 heteroatoms. The molecule has 4 aliphatic heterocycles. The number of nitrogens with zero attached hydrogens (tertiary/aromatic N) is 1. The summed E-state index contributed by atoms with van der Waals surface area (Å²) in [6.45, 7) is 2.18. The van der Waals surface area contributed by atoms with Crippen LogP contribution in [-0.4, -0.2) is 57.7 Å². The predicted molar refractivity (Wildman–Crippen MR) is 106 cm³/mol.